The highest BCUT2D eigenvalue weighted by atomic mass is 19.1. The Bertz CT molecular complexity index is 751. The van der Waals surface area contributed by atoms with Crippen LogP contribution in [0.4, 0.5) is 15.8 Å². The van der Waals surface area contributed by atoms with Crippen LogP contribution < -0.4 is 10.2 Å². The molecule has 1 amide bonds. The Morgan fingerprint density at radius 1 is 1.29 bits per heavy atom. The predicted molar refractivity (Wildman–Crippen MR) is 77.2 cm³/mol. The number of nitrogens with one attached hydrogen (secondary N) is 1. The largest absolute Gasteiger partial charge is 0.356 e. The highest BCUT2D eigenvalue weighted by molar-refractivity contribution is 6.01. The number of carbonyl (C=O) groups excluding carboxylic acids is 1. The molecule has 2 aromatic carbocycles. The average Bonchev–Trinajstić information content (AvgIpc) is 2.47. The van der Waals surface area contributed by atoms with Crippen molar-refractivity contribution >= 4 is 17.3 Å². The van der Waals surface area contributed by atoms with Gasteiger partial charge in [-0.2, -0.15) is 5.26 Å². The Morgan fingerprint density at radius 3 is 2.90 bits per heavy atom. The SMILES string of the molecule is N#Cc1ccc(F)cc1CN1CC(=O)Nc2ccccc21. The Kier molecular flexibility index (Phi) is 3.28. The first-order valence-corrected chi connectivity index (χ1v) is 6.50. The van der Waals surface area contributed by atoms with E-state index in [2.05, 4.69) is 11.4 Å². The van der Waals surface area contributed by atoms with E-state index in [1.807, 2.05) is 29.2 Å². The van der Waals surface area contributed by atoms with E-state index < -0.39 is 5.82 Å². The number of para-hydroxylation sites is 2. The van der Waals surface area contributed by atoms with Gasteiger partial charge in [-0.05, 0) is 35.9 Å². The first-order valence-electron chi connectivity index (χ1n) is 6.50. The standard InChI is InChI=1S/C16H12FN3O/c17-13-6-5-11(8-18)12(7-13)9-20-10-16(21)19-14-3-1-2-4-15(14)20/h1-7H,9-10H2,(H,19,21). The van der Waals surface area contributed by atoms with Crippen molar-refractivity contribution in [2.24, 2.45) is 0 Å². The van der Waals surface area contributed by atoms with E-state index >= 15 is 0 Å². The molecule has 3 rings (SSSR count). The molecule has 104 valence electrons. The van der Waals surface area contributed by atoms with Crippen LogP contribution in [0.15, 0.2) is 42.5 Å². The zero-order chi connectivity index (χ0) is 14.8. The van der Waals surface area contributed by atoms with E-state index in [1.54, 1.807) is 0 Å². The molecular weight excluding hydrogens is 269 g/mol. The highest BCUT2D eigenvalue weighted by Crippen LogP contribution is 2.30. The number of halogens is 1. The van der Waals surface area contributed by atoms with Crippen molar-refractivity contribution in [3.63, 3.8) is 0 Å². The second-order valence-corrected chi connectivity index (χ2v) is 4.83. The fourth-order valence-corrected chi connectivity index (χ4v) is 2.45. The molecule has 1 aliphatic heterocycles. The molecule has 21 heavy (non-hydrogen) atoms. The molecule has 0 saturated heterocycles. The van der Waals surface area contributed by atoms with Gasteiger partial charge in [0.1, 0.15) is 5.82 Å². The molecule has 0 saturated carbocycles. The lowest BCUT2D eigenvalue weighted by molar-refractivity contribution is -0.115. The Labute approximate surface area is 121 Å². The van der Waals surface area contributed by atoms with E-state index in [0.29, 0.717) is 17.7 Å². The lowest BCUT2D eigenvalue weighted by atomic mass is 10.1. The third kappa shape index (κ3) is 2.56. The number of hydrogen-bond donors (Lipinski definition) is 1. The van der Waals surface area contributed by atoms with Crippen LogP contribution in [-0.2, 0) is 11.3 Å². The van der Waals surface area contributed by atoms with Gasteiger partial charge < -0.3 is 10.2 Å². The van der Waals surface area contributed by atoms with Crippen LogP contribution in [0.2, 0.25) is 0 Å². The smallest absolute Gasteiger partial charge is 0.243 e. The number of amides is 1. The van der Waals surface area contributed by atoms with Crippen LogP contribution >= 0.6 is 0 Å². The van der Waals surface area contributed by atoms with E-state index in [4.69, 9.17) is 5.26 Å². The van der Waals surface area contributed by atoms with Crippen LogP contribution in [0.5, 0.6) is 0 Å². The summed E-state index contributed by atoms with van der Waals surface area (Å²) in [6.45, 7) is 0.490. The fraction of sp³-hybridized carbons (Fsp3) is 0.125. The quantitative estimate of drug-likeness (QED) is 0.920. The maximum Gasteiger partial charge on any atom is 0.243 e. The summed E-state index contributed by atoms with van der Waals surface area (Å²) < 4.78 is 13.4. The van der Waals surface area contributed by atoms with Crippen molar-refractivity contribution < 1.29 is 9.18 Å². The van der Waals surface area contributed by atoms with Crippen LogP contribution in [0.3, 0.4) is 0 Å². The highest BCUT2D eigenvalue weighted by Gasteiger charge is 2.22. The fourth-order valence-electron chi connectivity index (χ4n) is 2.45. The number of nitriles is 1. The maximum absolute atomic E-state index is 13.4. The average molecular weight is 281 g/mol. The summed E-state index contributed by atoms with van der Waals surface area (Å²) in [7, 11) is 0. The van der Waals surface area contributed by atoms with E-state index in [-0.39, 0.29) is 12.5 Å². The van der Waals surface area contributed by atoms with Gasteiger partial charge in [-0.15, -0.1) is 0 Å². The van der Waals surface area contributed by atoms with Gasteiger partial charge in [-0.3, -0.25) is 4.79 Å². The molecule has 4 nitrogen and oxygen atoms in total. The van der Waals surface area contributed by atoms with Gasteiger partial charge in [0.25, 0.3) is 0 Å². The Hall–Kier alpha value is -2.87. The van der Waals surface area contributed by atoms with E-state index in [0.717, 1.165) is 11.4 Å². The molecule has 1 aliphatic rings. The van der Waals surface area contributed by atoms with E-state index in [1.165, 1.54) is 18.2 Å². The molecule has 0 unspecified atom stereocenters. The summed E-state index contributed by atoms with van der Waals surface area (Å²) in [5, 5.41) is 11.9. The lowest BCUT2D eigenvalue weighted by Gasteiger charge is -2.31. The molecule has 2 aromatic rings. The summed E-state index contributed by atoms with van der Waals surface area (Å²) in [5.74, 6) is -0.512. The van der Waals surface area contributed by atoms with Crippen molar-refractivity contribution in [1.82, 2.24) is 0 Å². The van der Waals surface area contributed by atoms with Gasteiger partial charge in [0.15, 0.2) is 0 Å². The molecule has 5 heteroatoms. The number of fused-ring (bicyclic) bond motifs is 1. The number of rotatable bonds is 2. The maximum atomic E-state index is 13.4. The normalized spacial score (nSPS) is 13.3. The third-order valence-electron chi connectivity index (χ3n) is 3.40. The summed E-state index contributed by atoms with van der Waals surface area (Å²) in [5.41, 5.74) is 2.58. The molecule has 0 aromatic heterocycles. The second kappa shape index (κ2) is 5.25. The van der Waals surface area contributed by atoms with Gasteiger partial charge in [-0.25, -0.2) is 4.39 Å². The molecule has 0 atom stereocenters. The molecule has 0 radical (unpaired) electrons. The Balaban J connectivity index is 1.98. The zero-order valence-corrected chi connectivity index (χ0v) is 11.1. The topological polar surface area (TPSA) is 56.1 Å². The first-order chi connectivity index (χ1) is 10.2. The van der Waals surface area contributed by atoms with E-state index in [9.17, 15) is 9.18 Å². The number of anilines is 2. The van der Waals surface area contributed by atoms with Crippen molar-refractivity contribution in [2.45, 2.75) is 6.54 Å². The number of benzene rings is 2. The minimum absolute atomic E-state index is 0.122. The number of carbonyl (C=O) groups is 1. The minimum Gasteiger partial charge on any atom is -0.356 e. The van der Waals surface area contributed by atoms with Crippen LogP contribution in [0.25, 0.3) is 0 Å². The molecule has 0 spiro atoms. The molecule has 0 aliphatic carbocycles. The summed E-state index contributed by atoms with van der Waals surface area (Å²) in [4.78, 5) is 13.6. The predicted octanol–water partition coefficient (Wildman–Crippen LogP) is 2.66. The first kappa shape index (κ1) is 13.1. The van der Waals surface area contributed by atoms with Gasteiger partial charge in [0.05, 0.1) is 29.6 Å². The molecule has 0 bridgehead atoms. The Morgan fingerprint density at radius 2 is 2.10 bits per heavy atom. The molecule has 1 N–H and O–H groups in total. The van der Waals surface area contributed by atoms with Gasteiger partial charge in [0.2, 0.25) is 5.91 Å². The van der Waals surface area contributed by atoms with Crippen molar-refractivity contribution in [2.75, 3.05) is 16.8 Å². The summed E-state index contributed by atoms with van der Waals surface area (Å²) in [6, 6.07) is 13.5. The van der Waals surface area contributed by atoms with Gasteiger partial charge >= 0.3 is 0 Å². The third-order valence-corrected chi connectivity index (χ3v) is 3.40. The van der Waals surface area contributed by atoms with Crippen molar-refractivity contribution in [1.29, 1.82) is 5.26 Å². The number of nitrogens with zero attached hydrogens (tertiary/aromatic N) is 2. The monoisotopic (exact) mass is 281 g/mol. The second-order valence-electron chi connectivity index (χ2n) is 4.83. The molecule has 0 fully saturated rings. The summed E-state index contributed by atoms with van der Waals surface area (Å²) in [6.07, 6.45) is 0. The van der Waals surface area contributed by atoms with Crippen molar-refractivity contribution in [3.05, 3.63) is 59.4 Å². The van der Waals surface area contributed by atoms with Gasteiger partial charge in [0, 0.05) is 6.54 Å². The minimum atomic E-state index is -0.390. The van der Waals surface area contributed by atoms with Crippen LogP contribution in [0.1, 0.15) is 11.1 Å². The number of hydrogen-bond acceptors (Lipinski definition) is 3. The summed E-state index contributed by atoms with van der Waals surface area (Å²) >= 11 is 0. The van der Waals surface area contributed by atoms with Crippen LogP contribution in [-0.4, -0.2) is 12.5 Å². The van der Waals surface area contributed by atoms with Crippen molar-refractivity contribution in [3.8, 4) is 6.07 Å². The molecule has 1 heterocycles. The molecular formula is C16H12FN3O. The zero-order valence-electron chi connectivity index (χ0n) is 11.1. The van der Waals surface area contributed by atoms with Gasteiger partial charge in [-0.1, -0.05) is 12.1 Å². The lowest BCUT2D eigenvalue weighted by Crippen LogP contribution is -2.37. The van der Waals surface area contributed by atoms with Crippen LogP contribution in [0, 0.1) is 17.1 Å².